The molecule has 180 valence electrons. The summed E-state index contributed by atoms with van der Waals surface area (Å²) >= 11 is 1.34. The smallest absolute Gasteiger partial charge is 0.174 e. The van der Waals surface area contributed by atoms with Crippen LogP contribution in [-0.4, -0.2) is 34.1 Å². The lowest BCUT2D eigenvalue weighted by atomic mass is 10.1. The van der Waals surface area contributed by atoms with Gasteiger partial charge in [-0.2, -0.15) is 0 Å². The van der Waals surface area contributed by atoms with Gasteiger partial charge >= 0.3 is 0 Å². The first-order valence-electron chi connectivity index (χ1n) is 10.8. The fourth-order valence-corrected chi connectivity index (χ4v) is 5.17. The molecule has 1 N–H and O–H groups in total. The van der Waals surface area contributed by atoms with Gasteiger partial charge in [-0.05, 0) is 41.9 Å². The third-order valence-electron chi connectivity index (χ3n) is 5.43. The first kappa shape index (κ1) is 26.4. The van der Waals surface area contributed by atoms with Gasteiger partial charge in [0.1, 0.15) is 24.1 Å². The van der Waals surface area contributed by atoms with E-state index < -0.39 is 6.67 Å². The summed E-state index contributed by atoms with van der Waals surface area (Å²) in [5.41, 5.74) is 2.56. The van der Waals surface area contributed by atoms with Crippen molar-refractivity contribution in [2.45, 2.75) is 24.9 Å². The second-order valence-electron chi connectivity index (χ2n) is 7.55. The van der Waals surface area contributed by atoms with Crippen molar-refractivity contribution < 1.29 is 13.9 Å². The monoisotopic (exact) mass is 519 g/mol. The number of rotatable bonds is 9. The predicted octanol–water partition coefficient (Wildman–Crippen LogP) is 7.15. The Kier molecular flexibility index (Phi) is 9.70. The molecule has 0 saturated carbocycles. The lowest BCUT2D eigenvalue weighted by Crippen LogP contribution is -2.15. The third-order valence-corrected chi connectivity index (χ3v) is 7.17. The van der Waals surface area contributed by atoms with E-state index in [0.29, 0.717) is 34.4 Å². The van der Waals surface area contributed by atoms with Gasteiger partial charge in [0.2, 0.25) is 0 Å². The van der Waals surface area contributed by atoms with E-state index in [1.165, 1.54) is 11.8 Å². The number of phenols is 1. The van der Waals surface area contributed by atoms with E-state index in [9.17, 15) is 13.9 Å². The van der Waals surface area contributed by atoms with Crippen molar-refractivity contribution >= 4 is 47.4 Å². The molecule has 9 heteroatoms. The summed E-state index contributed by atoms with van der Waals surface area (Å²) in [4.78, 5) is 6.40. The summed E-state index contributed by atoms with van der Waals surface area (Å²) in [5.74, 6) is 2.67. The SMILES string of the molecule is CCc1ccc(N(C)c2cnc(SCC3=C(P)C=CCC=C3F)n2/C(=C/C=C/P)CF)cc1O. The Hall–Kier alpha value is -2.20. The minimum absolute atomic E-state index is 0.211. The molecule has 0 bridgehead atoms. The number of hydrogen-bond acceptors (Lipinski definition) is 4. The van der Waals surface area contributed by atoms with Crippen molar-refractivity contribution in [2.24, 2.45) is 0 Å². The van der Waals surface area contributed by atoms with Crippen LogP contribution in [0.4, 0.5) is 20.3 Å². The van der Waals surface area contributed by atoms with Crippen molar-refractivity contribution in [1.82, 2.24) is 9.55 Å². The predicted molar refractivity (Wildman–Crippen MR) is 147 cm³/mol. The van der Waals surface area contributed by atoms with E-state index >= 15 is 0 Å². The van der Waals surface area contributed by atoms with Gasteiger partial charge in [0, 0.05) is 30.1 Å². The van der Waals surface area contributed by atoms with E-state index in [-0.39, 0.29) is 11.6 Å². The van der Waals surface area contributed by atoms with Crippen LogP contribution in [0.3, 0.4) is 0 Å². The third kappa shape index (κ3) is 6.07. The number of imidazole rings is 1. The highest BCUT2D eigenvalue weighted by molar-refractivity contribution is 7.99. The number of benzene rings is 1. The van der Waals surface area contributed by atoms with Gasteiger partial charge in [0.15, 0.2) is 5.16 Å². The van der Waals surface area contributed by atoms with Gasteiger partial charge in [0.05, 0.1) is 11.9 Å². The molecule has 0 radical (unpaired) electrons. The molecule has 1 aliphatic rings. The fourth-order valence-electron chi connectivity index (χ4n) is 3.49. The largest absolute Gasteiger partial charge is 0.508 e. The molecule has 2 unspecified atom stereocenters. The summed E-state index contributed by atoms with van der Waals surface area (Å²) in [7, 11) is 6.89. The number of halogens is 2. The zero-order valence-electron chi connectivity index (χ0n) is 19.2. The number of anilines is 2. The lowest BCUT2D eigenvalue weighted by molar-refractivity contribution is 0.469. The summed E-state index contributed by atoms with van der Waals surface area (Å²) in [5, 5.41) is 11.7. The molecule has 1 aromatic heterocycles. The number of hydrogen-bond donors (Lipinski definition) is 1. The highest BCUT2D eigenvalue weighted by Crippen LogP contribution is 2.36. The van der Waals surface area contributed by atoms with Gasteiger partial charge in [-0.25, -0.2) is 13.8 Å². The molecule has 2 atom stereocenters. The number of aromatic hydroxyl groups is 1. The Labute approximate surface area is 208 Å². The van der Waals surface area contributed by atoms with Crippen LogP contribution in [-0.2, 0) is 6.42 Å². The normalized spacial score (nSPS) is 14.6. The number of aromatic nitrogens is 2. The first-order chi connectivity index (χ1) is 16.4. The minimum atomic E-state index is -0.714. The molecular weight excluding hydrogens is 490 g/mol. The van der Waals surface area contributed by atoms with Crippen molar-refractivity contribution in [3.05, 3.63) is 82.9 Å². The summed E-state index contributed by atoms with van der Waals surface area (Å²) < 4.78 is 30.5. The zero-order valence-corrected chi connectivity index (χ0v) is 22.3. The second-order valence-corrected chi connectivity index (χ2v) is 9.50. The van der Waals surface area contributed by atoms with E-state index in [4.69, 9.17) is 0 Å². The lowest BCUT2D eigenvalue weighted by Gasteiger charge is -2.23. The van der Waals surface area contributed by atoms with Gasteiger partial charge in [-0.3, -0.25) is 4.57 Å². The average molecular weight is 520 g/mol. The Bertz CT molecular complexity index is 1180. The average Bonchev–Trinajstić information content (AvgIpc) is 3.18. The topological polar surface area (TPSA) is 41.3 Å². The molecule has 0 aliphatic heterocycles. The van der Waals surface area contributed by atoms with Crippen molar-refractivity contribution in [3.63, 3.8) is 0 Å². The number of aryl methyl sites for hydroxylation is 1. The molecule has 0 fully saturated rings. The molecule has 0 spiro atoms. The molecule has 1 aromatic carbocycles. The van der Waals surface area contributed by atoms with Crippen LogP contribution in [0, 0.1) is 0 Å². The molecule has 1 heterocycles. The van der Waals surface area contributed by atoms with Crippen LogP contribution in [0.1, 0.15) is 18.9 Å². The maximum absolute atomic E-state index is 14.6. The number of thioether (sulfide) groups is 1. The van der Waals surface area contributed by atoms with Crippen molar-refractivity contribution in [1.29, 1.82) is 0 Å². The number of allylic oxidation sites excluding steroid dienone is 8. The van der Waals surface area contributed by atoms with Crippen molar-refractivity contribution in [3.8, 4) is 5.75 Å². The molecule has 0 saturated heterocycles. The molecule has 2 aromatic rings. The first-order valence-corrected chi connectivity index (χ1v) is 13.0. The van der Waals surface area contributed by atoms with E-state index in [0.717, 1.165) is 23.0 Å². The van der Waals surface area contributed by atoms with E-state index in [1.54, 1.807) is 40.9 Å². The standard InChI is InChI=1S/C25H29F2N3OP2S/c1-3-17-10-11-18(13-22(17)31)29(2)24-15-28-25(30(24)19(14-26)7-6-12-32)34-16-20-21(27)8-4-5-9-23(20)33/h5-13,15,31H,3-4,14,16,32-33H2,1-2H3/b12-6+,19-7+. The quantitative estimate of drug-likeness (QED) is 0.217. The Morgan fingerprint density at radius 3 is 2.85 bits per heavy atom. The second kappa shape index (κ2) is 12.5. The molecular formula is C25H29F2N3OP2S. The van der Waals surface area contributed by atoms with Crippen LogP contribution in [0.5, 0.6) is 5.75 Å². The van der Waals surface area contributed by atoms with Crippen molar-refractivity contribution in [2.75, 3.05) is 24.4 Å². The number of nitrogens with zero attached hydrogens (tertiary/aromatic N) is 3. The van der Waals surface area contributed by atoms with E-state index in [2.05, 4.69) is 23.5 Å². The van der Waals surface area contributed by atoms with Gasteiger partial charge in [-0.1, -0.05) is 48.8 Å². The molecule has 1 aliphatic carbocycles. The van der Waals surface area contributed by atoms with Gasteiger partial charge in [0.25, 0.3) is 0 Å². The minimum Gasteiger partial charge on any atom is -0.508 e. The van der Waals surface area contributed by atoms with Crippen LogP contribution in [0.2, 0.25) is 0 Å². The highest BCUT2D eigenvalue weighted by atomic mass is 32.2. The number of phenolic OH excluding ortho intramolecular Hbond substituents is 1. The summed E-state index contributed by atoms with van der Waals surface area (Å²) in [6.45, 7) is 1.26. The summed E-state index contributed by atoms with van der Waals surface area (Å²) in [6, 6.07) is 5.48. The molecule has 34 heavy (non-hydrogen) atoms. The Balaban J connectivity index is 2.02. The molecule has 3 rings (SSSR count). The molecule has 4 nitrogen and oxygen atoms in total. The molecule has 0 amide bonds. The summed E-state index contributed by atoms with van der Waals surface area (Å²) in [6.07, 6.45) is 11.7. The van der Waals surface area contributed by atoms with Gasteiger partial charge < -0.3 is 10.0 Å². The van der Waals surface area contributed by atoms with Crippen LogP contribution in [0.15, 0.2) is 82.5 Å². The highest BCUT2D eigenvalue weighted by Gasteiger charge is 2.20. The Morgan fingerprint density at radius 1 is 1.38 bits per heavy atom. The Morgan fingerprint density at radius 2 is 2.18 bits per heavy atom. The van der Waals surface area contributed by atoms with Crippen LogP contribution >= 0.6 is 30.2 Å². The van der Waals surface area contributed by atoms with Crippen LogP contribution in [0.25, 0.3) is 5.70 Å². The number of alkyl halides is 1. The van der Waals surface area contributed by atoms with Crippen LogP contribution < -0.4 is 4.90 Å². The maximum Gasteiger partial charge on any atom is 0.174 e. The zero-order chi connectivity index (χ0) is 24.7. The van der Waals surface area contributed by atoms with Gasteiger partial charge in [-0.15, -0.1) is 18.5 Å². The van der Waals surface area contributed by atoms with E-state index in [1.807, 2.05) is 43.2 Å². The fraction of sp³-hybridized carbons (Fsp3) is 0.240. The maximum atomic E-state index is 14.6.